The minimum absolute atomic E-state index is 0.544. The van der Waals surface area contributed by atoms with E-state index >= 15 is 0 Å². The van der Waals surface area contributed by atoms with Gasteiger partial charge in [0.2, 0.25) is 0 Å². The van der Waals surface area contributed by atoms with Gasteiger partial charge in [0.05, 0.1) is 52.6 Å². The lowest BCUT2D eigenvalue weighted by atomic mass is 9.62. The monoisotopic (exact) mass is 650 g/mol. The third-order valence-electron chi connectivity index (χ3n) is 9.92. The van der Waals surface area contributed by atoms with Crippen molar-refractivity contribution in [1.29, 1.82) is 5.26 Å². The van der Waals surface area contributed by atoms with Crippen molar-refractivity contribution in [2.45, 2.75) is 5.41 Å². The smallest absolute Gasteiger partial charge is 0.188 e. The van der Waals surface area contributed by atoms with Crippen LogP contribution in [0, 0.1) is 24.5 Å². The summed E-state index contributed by atoms with van der Waals surface area (Å²) < 4.78 is 2.11. The Kier molecular flexibility index (Phi) is 6.75. The van der Waals surface area contributed by atoms with Crippen LogP contribution >= 0.6 is 0 Å². The summed E-state index contributed by atoms with van der Waals surface area (Å²) in [6.45, 7) is 15.3. The van der Waals surface area contributed by atoms with Gasteiger partial charge in [-0.05, 0) is 93.7 Å². The van der Waals surface area contributed by atoms with Gasteiger partial charge in [-0.25, -0.2) is 14.7 Å². The van der Waals surface area contributed by atoms with Crippen molar-refractivity contribution >= 4 is 50.4 Å². The molecule has 6 aromatic carbocycles. The number of pyridine rings is 1. The van der Waals surface area contributed by atoms with Crippen LogP contribution in [0.25, 0.3) is 37.3 Å². The Hall–Kier alpha value is -7.46. The van der Waals surface area contributed by atoms with Crippen molar-refractivity contribution in [3.8, 4) is 11.9 Å². The second-order valence-corrected chi connectivity index (χ2v) is 12.5. The highest BCUT2D eigenvalue weighted by molar-refractivity contribution is 6.11. The molecule has 2 aromatic heterocycles. The van der Waals surface area contributed by atoms with Crippen molar-refractivity contribution in [3.63, 3.8) is 0 Å². The zero-order valence-corrected chi connectivity index (χ0v) is 27.2. The van der Waals surface area contributed by atoms with Crippen LogP contribution in [0.3, 0.4) is 0 Å². The van der Waals surface area contributed by atoms with Gasteiger partial charge in [0.25, 0.3) is 0 Å². The van der Waals surface area contributed by atoms with Crippen LogP contribution < -0.4 is 4.90 Å². The number of aromatic nitrogens is 2. The number of nitriles is 1. The predicted molar refractivity (Wildman–Crippen MR) is 202 cm³/mol. The molecule has 0 bridgehead atoms. The third-order valence-corrected chi connectivity index (χ3v) is 9.92. The maximum atomic E-state index is 9.66. The highest BCUT2D eigenvalue weighted by Gasteiger charge is 2.46. The number of rotatable bonds is 4. The first-order valence-electron chi connectivity index (χ1n) is 16.5. The topological polar surface area (TPSA) is 53.6 Å². The van der Waals surface area contributed by atoms with E-state index in [1.54, 1.807) is 0 Å². The molecule has 0 amide bonds. The minimum Gasteiger partial charge on any atom is -0.294 e. The number of benzene rings is 6. The van der Waals surface area contributed by atoms with Crippen LogP contribution in [0.15, 0.2) is 158 Å². The van der Waals surface area contributed by atoms with Gasteiger partial charge in [0.1, 0.15) is 11.6 Å². The molecule has 0 fully saturated rings. The highest BCUT2D eigenvalue weighted by Crippen LogP contribution is 2.57. The van der Waals surface area contributed by atoms with Crippen LogP contribution in [0.1, 0.15) is 27.8 Å². The molecular formula is C45H26N6. The molecule has 1 aliphatic rings. The van der Waals surface area contributed by atoms with Gasteiger partial charge in [-0.2, -0.15) is 5.26 Å². The summed E-state index contributed by atoms with van der Waals surface area (Å²) in [6, 6.07) is 55.2. The Labute approximate surface area is 295 Å². The van der Waals surface area contributed by atoms with E-state index in [0.29, 0.717) is 16.9 Å². The zero-order valence-electron chi connectivity index (χ0n) is 27.2. The molecule has 0 saturated carbocycles. The summed E-state index contributed by atoms with van der Waals surface area (Å²) >= 11 is 0. The second kappa shape index (κ2) is 11.6. The lowest BCUT2D eigenvalue weighted by molar-refractivity contribution is 0.730. The molecule has 0 aliphatic carbocycles. The van der Waals surface area contributed by atoms with E-state index in [-0.39, 0.29) is 0 Å². The largest absolute Gasteiger partial charge is 0.294 e. The van der Waals surface area contributed by atoms with Crippen LogP contribution in [-0.4, -0.2) is 9.55 Å². The van der Waals surface area contributed by atoms with E-state index in [2.05, 4.69) is 110 Å². The van der Waals surface area contributed by atoms with Gasteiger partial charge >= 0.3 is 0 Å². The van der Waals surface area contributed by atoms with Crippen LogP contribution in [0.4, 0.5) is 28.6 Å². The van der Waals surface area contributed by atoms with E-state index in [0.717, 1.165) is 67.1 Å². The van der Waals surface area contributed by atoms with Gasteiger partial charge in [0, 0.05) is 0 Å². The average molecular weight is 651 g/mol. The van der Waals surface area contributed by atoms with E-state index in [1.807, 2.05) is 72.8 Å². The van der Waals surface area contributed by atoms with Gasteiger partial charge in [-0.3, -0.25) is 9.47 Å². The molecule has 0 unspecified atom stereocenters. The molecule has 1 aliphatic heterocycles. The third kappa shape index (κ3) is 4.37. The summed E-state index contributed by atoms with van der Waals surface area (Å²) in [5, 5.41) is 11.5. The average Bonchev–Trinajstić information content (AvgIpc) is 3.53. The lowest BCUT2D eigenvalue weighted by Gasteiger charge is -2.46. The van der Waals surface area contributed by atoms with Crippen molar-refractivity contribution in [2.75, 3.05) is 4.90 Å². The molecular weight excluding hydrogens is 625 g/mol. The molecule has 6 nitrogen and oxygen atoms in total. The number of anilines is 3. The molecule has 8 aromatic rings. The standard InChI is InChI=1S/C45H26N6/c1-47-33-23-25-39-35(27-33)36-28-34(48-2)24-26-40(36)50(39)43-17-10-18-44(49-43)51-41-15-8-6-13-37(41)45(31-11-4-3-5-12-31,38-14-7-9-16-42(38)51)32-21-19-30(29-46)20-22-32/h3-28H. The molecule has 0 saturated heterocycles. The van der Waals surface area contributed by atoms with Crippen LogP contribution in [-0.2, 0) is 5.41 Å². The second-order valence-electron chi connectivity index (χ2n) is 12.5. The summed E-state index contributed by atoms with van der Waals surface area (Å²) in [7, 11) is 0. The van der Waals surface area contributed by atoms with Crippen LogP contribution in [0.2, 0.25) is 0 Å². The summed E-state index contributed by atoms with van der Waals surface area (Å²) in [4.78, 5) is 15.0. The van der Waals surface area contributed by atoms with E-state index in [9.17, 15) is 5.26 Å². The summed E-state index contributed by atoms with van der Waals surface area (Å²) in [5.41, 5.74) is 9.23. The maximum absolute atomic E-state index is 9.66. The number of hydrogen-bond donors (Lipinski definition) is 0. The Balaban J connectivity index is 1.31. The van der Waals surface area contributed by atoms with Gasteiger partial charge < -0.3 is 0 Å². The van der Waals surface area contributed by atoms with Gasteiger partial charge in [-0.15, -0.1) is 0 Å². The molecule has 0 atom stereocenters. The number of nitrogens with zero attached hydrogens (tertiary/aromatic N) is 6. The maximum Gasteiger partial charge on any atom is 0.188 e. The number of para-hydroxylation sites is 2. The molecule has 9 rings (SSSR count). The highest BCUT2D eigenvalue weighted by atomic mass is 15.2. The molecule has 236 valence electrons. The van der Waals surface area contributed by atoms with Crippen molar-refractivity contribution < 1.29 is 0 Å². The number of hydrogen-bond acceptors (Lipinski definition) is 3. The van der Waals surface area contributed by atoms with Crippen molar-refractivity contribution in [2.24, 2.45) is 0 Å². The van der Waals surface area contributed by atoms with Gasteiger partial charge in [0.15, 0.2) is 11.4 Å². The van der Waals surface area contributed by atoms with E-state index < -0.39 is 5.41 Å². The van der Waals surface area contributed by atoms with Crippen molar-refractivity contribution in [1.82, 2.24) is 9.55 Å². The fourth-order valence-corrected chi connectivity index (χ4v) is 7.81. The van der Waals surface area contributed by atoms with Gasteiger partial charge in [-0.1, -0.05) is 97.1 Å². The van der Waals surface area contributed by atoms with E-state index in [1.165, 1.54) is 0 Å². The molecule has 0 N–H and O–H groups in total. The lowest BCUT2D eigenvalue weighted by Crippen LogP contribution is -2.37. The molecule has 0 radical (unpaired) electrons. The van der Waals surface area contributed by atoms with E-state index in [4.69, 9.17) is 18.1 Å². The normalized spacial score (nSPS) is 12.8. The molecule has 51 heavy (non-hydrogen) atoms. The first kappa shape index (κ1) is 29.7. The quantitative estimate of drug-likeness (QED) is 0.178. The fourth-order valence-electron chi connectivity index (χ4n) is 7.81. The SMILES string of the molecule is [C-]#[N+]c1ccc2c(c1)c1cc([N+]#[C-])ccc1n2-c1cccc(N2c3ccccc3C(c3ccccc3)(c3ccc(C#N)cc3)c3ccccc32)n1. The van der Waals surface area contributed by atoms with Crippen molar-refractivity contribution in [3.05, 3.63) is 208 Å². The number of fused-ring (bicyclic) bond motifs is 5. The summed E-state index contributed by atoms with van der Waals surface area (Å²) in [5.74, 6) is 1.47. The Morgan fingerprint density at radius 2 is 1.08 bits per heavy atom. The Morgan fingerprint density at radius 1 is 0.549 bits per heavy atom. The Bertz CT molecular complexity index is 2670. The van der Waals surface area contributed by atoms with Crippen LogP contribution in [0.5, 0.6) is 0 Å². The first-order valence-corrected chi connectivity index (χ1v) is 16.5. The predicted octanol–water partition coefficient (Wildman–Crippen LogP) is 11.3. The Morgan fingerprint density at radius 3 is 1.65 bits per heavy atom. The molecule has 0 spiro atoms. The molecule has 6 heteroatoms. The summed E-state index contributed by atoms with van der Waals surface area (Å²) in [6.07, 6.45) is 0. The minimum atomic E-state index is -0.676. The first-order chi connectivity index (χ1) is 25.1. The molecule has 3 heterocycles. The fraction of sp³-hybridized carbons (Fsp3) is 0.0222. The zero-order chi connectivity index (χ0) is 34.5.